The summed E-state index contributed by atoms with van der Waals surface area (Å²) in [6.07, 6.45) is 0.416. The van der Waals surface area contributed by atoms with Crippen LogP contribution in [0.15, 0.2) is 42.5 Å². The maximum atomic E-state index is 10.6. The first-order valence-corrected chi connectivity index (χ1v) is 6.46. The van der Waals surface area contributed by atoms with Crippen molar-refractivity contribution in [3.8, 4) is 0 Å². The van der Waals surface area contributed by atoms with Crippen LogP contribution in [-0.2, 0) is 6.42 Å². The van der Waals surface area contributed by atoms with Gasteiger partial charge in [-0.1, -0.05) is 55.0 Å². The van der Waals surface area contributed by atoms with E-state index in [2.05, 4.69) is 39.0 Å². The summed E-state index contributed by atoms with van der Waals surface area (Å²) in [5, 5.41) is 10.6. The van der Waals surface area contributed by atoms with Gasteiger partial charge in [-0.3, -0.25) is 0 Å². The standard InChI is InChI=1S/C17H20O/c1-4-14-7-5-6-8-16(14)17(18)15-10-9-12(2)11-13(15)3/h5-11,17-18H,4H2,1-3H3. The molecule has 1 unspecified atom stereocenters. The fourth-order valence-corrected chi connectivity index (χ4v) is 2.42. The van der Waals surface area contributed by atoms with Gasteiger partial charge in [0.05, 0.1) is 0 Å². The van der Waals surface area contributed by atoms with Crippen molar-refractivity contribution in [2.75, 3.05) is 0 Å². The van der Waals surface area contributed by atoms with E-state index in [-0.39, 0.29) is 0 Å². The molecule has 2 aromatic carbocycles. The summed E-state index contributed by atoms with van der Waals surface area (Å²) in [6.45, 7) is 6.25. The van der Waals surface area contributed by atoms with Crippen LogP contribution in [0.2, 0.25) is 0 Å². The van der Waals surface area contributed by atoms with E-state index >= 15 is 0 Å². The number of hydrogen-bond acceptors (Lipinski definition) is 1. The largest absolute Gasteiger partial charge is 0.384 e. The third kappa shape index (κ3) is 2.46. The lowest BCUT2D eigenvalue weighted by Gasteiger charge is -2.17. The topological polar surface area (TPSA) is 20.2 Å². The van der Waals surface area contributed by atoms with Crippen molar-refractivity contribution in [2.45, 2.75) is 33.3 Å². The maximum absolute atomic E-state index is 10.6. The van der Waals surface area contributed by atoms with Crippen LogP contribution >= 0.6 is 0 Å². The monoisotopic (exact) mass is 240 g/mol. The minimum Gasteiger partial charge on any atom is -0.384 e. The third-order valence-corrected chi connectivity index (χ3v) is 3.45. The van der Waals surface area contributed by atoms with Crippen LogP contribution in [0.25, 0.3) is 0 Å². The van der Waals surface area contributed by atoms with Gasteiger partial charge in [0.25, 0.3) is 0 Å². The Labute approximate surface area is 109 Å². The lowest BCUT2D eigenvalue weighted by molar-refractivity contribution is 0.218. The summed E-state index contributed by atoms with van der Waals surface area (Å²) in [7, 11) is 0. The van der Waals surface area contributed by atoms with Gasteiger partial charge in [0.1, 0.15) is 6.10 Å². The van der Waals surface area contributed by atoms with Crippen LogP contribution in [-0.4, -0.2) is 5.11 Å². The number of rotatable bonds is 3. The second-order valence-electron chi connectivity index (χ2n) is 4.81. The molecule has 1 atom stereocenters. The lowest BCUT2D eigenvalue weighted by atomic mass is 9.92. The quantitative estimate of drug-likeness (QED) is 0.861. The number of aryl methyl sites for hydroxylation is 3. The molecule has 0 saturated heterocycles. The zero-order chi connectivity index (χ0) is 13.1. The van der Waals surface area contributed by atoms with Crippen molar-refractivity contribution in [1.82, 2.24) is 0 Å². The molecule has 0 aliphatic rings. The van der Waals surface area contributed by atoms with Gasteiger partial charge >= 0.3 is 0 Å². The maximum Gasteiger partial charge on any atom is 0.105 e. The van der Waals surface area contributed by atoms with Gasteiger partial charge in [-0.2, -0.15) is 0 Å². The molecule has 1 heteroatoms. The summed E-state index contributed by atoms with van der Waals surface area (Å²) >= 11 is 0. The Morgan fingerprint density at radius 2 is 1.72 bits per heavy atom. The van der Waals surface area contributed by atoms with E-state index in [9.17, 15) is 5.11 Å². The minimum atomic E-state index is -0.526. The number of aliphatic hydroxyl groups excluding tert-OH is 1. The predicted octanol–water partition coefficient (Wildman–Crippen LogP) is 3.95. The van der Waals surface area contributed by atoms with Gasteiger partial charge in [0.15, 0.2) is 0 Å². The van der Waals surface area contributed by atoms with E-state index in [1.54, 1.807) is 0 Å². The van der Waals surface area contributed by atoms with Gasteiger partial charge in [-0.25, -0.2) is 0 Å². The highest BCUT2D eigenvalue weighted by Gasteiger charge is 2.15. The number of benzene rings is 2. The highest BCUT2D eigenvalue weighted by molar-refractivity contribution is 5.40. The molecule has 0 fully saturated rings. The Morgan fingerprint density at radius 1 is 1.00 bits per heavy atom. The molecule has 1 N–H and O–H groups in total. The van der Waals surface area contributed by atoms with Crippen LogP contribution in [0.4, 0.5) is 0 Å². The van der Waals surface area contributed by atoms with Crippen LogP contribution < -0.4 is 0 Å². The SMILES string of the molecule is CCc1ccccc1C(O)c1ccc(C)cc1C. The fourth-order valence-electron chi connectivity index (χ4n) is 2.42. The molecule has 0 spiro atoms. The molecular formula is C17H20O. The van der Waals surface area contributed by atoms with E-state index in [0.717, 1.165) is 23.1 Å². The first-order valence-electron chi connectivity index (χ1n) is 6.46. The van der Waals surface area contributed by atoms with Crippen LogP contribution in [0, 0.1) is 13.8 Å². The average molecular weight is 240 g/mol. The Morgan fingerprint density at radius 3 is 2.39 bits per heavy atom. The van der Waals surface area contributed by atoms with Crippen molar-refractivity contribution in [3.05, 3.63) is 70.3 Å². The Balaban J connectivity index is 2.44. The molecule has 0 aliphatic heterocycles. The first-order chi connectivity index (χ1) is 8.63. The van der Waals surface area contributed by atoms with E-state index in [1.807, 2.05) is 24.3 Å². The van der Waals surface area contributed by atoms with Crippen molar-refractivity contribution in [1.29, 1.82) is 0 Å². The van der Waals surface area contributed by atoms with Gasteiger partial charge in [0.2, 0.25) is 0 Å². The van der Waals surface area contributed by atoms with Crippen molar-refractivity contribution >= 4 is 0 Å². The zero-order valence-corrected chi connectivity index (χ0v) is 11.3. The number of aliphatic hydroxyl groups is 1. The molecule has 0 amide bonds. The van der Waals surface area contributed by atoms with Crippen molar-refractivity contribution in [2.24, 2.45) is 0 Å². The molecule has 2 rings (SSSR count). The van der Waals surface area contributed by atoms with Crippen molar-refractivity contribution in [3.63, 3.8) is 0 Å². The van der Waals surface area contributed by atoms with Crippen molar-refractivity contribution < 1.29 is 5.11 Å². The molecule has 18 heavy (non-hydrogen) atoms. The lowest BCUT2D eigenvalue weighted by Crippen LogP contribution is -2.05. The van der Waals surface area contributed by atoms with Gasteiger partial charge in [-0.05, 0) is 42.5 Å². The third-order valence-electron chi connectivity index (χ3n) is 3.45. The van der Waals surface area contributed by atoms with E-state index < -0.39 is 6.10 Å². The molecule has 94 valence electrons. The summed E-state index contributed by atoms with van der Waals surface area (Å²) in [5.41, 5.74) is 5.61. The molecule has 0 heterocycles. The van der Waals surface area contributed by atoms with Crippen LogP contribution in [0.5, 0.6) is 0 Å². The summed E-state index contributed by atoms with van der Waals surface area (Å²) in [4.78, 5) is 0. The predicted molar refractivity (Wildman–Crippen MR) is 75.8 cm³/mol. The molecule has 2 aromatic rings. The Bertz CT molecular complexity index is 543. The van der Waals surface area contributed by atoms with Gasteiger partial charge in [-0.15, -0.1) is 0 Å². The summed E-state index contributed by atoms with van der Waals surface area (Å²) in [6, 6.07) is 14.3. The average Bonchev–Trinajstić information content (AvgIpc) is 2.38. The highest BCUT2D eigenvalue weighted by atomic mass is 16.3. The fraction of sp³-hybridized carbons (Fsp3) is 0.294. The summed E-state index contributed by atoms with van der Waals surface area (Å²) < 4.78 is 0. The molecular weight excluding hydrogens is 220 g/mol. The minimum absolute atomic E-state index is 0.526. The summed E-state index contributed by atoms with van der Waals surface area (Å²) in [5.74, 6) is 0. The van der Waals surface area contributed by atoms with E-state index in [1.165, 1.54) is 11.1 Å². The zero-order valence-electron chi connectivity index (χ0n) is 11.3. The Kier molecular flexibility index (Phi) is 3.83. The van der Waals surface area contributed by atoms with E-state index in [4.69, 9.17) is 0 Å². The van der Waals surface area contributed by atoms with E-state index in [0.29, 0.717) is 0 Å². The second-order valence-corrected chi connectivity index (χ2v) is 4.81. The van der Waals surface area contributed by atoms with Gasteiger partial charge in [0, 0.05) is 0 Å². The first kappa shape index (κ1) is 12.8. The molecule has 0 aromatic heterocycles. The second kappa shape index (κ2) is 5.36. The highest BCUT2D eigenvalue weighted by Crippen LogP contribution is 2.28. The number of hydrogen-bond donors (Lipinski definition) is 1. The van der Waals surface area contributed by atoms with Crippen LogP contribution in [0.3, 0.4) is 0 Å². The normalized spacial score (nSPS) is 12.4. The molecule has 0 saturated carbocycles. The molecule has 1 nitrogen and oxygen atoms in total. The molecule has 0 aliphatic carbocycles. The smallest absolute Gasteiger partial charge is 0.105 e. The molecule has 0 bridgehead atoms. The molecule has 0 radical (unpaired) electrons. The Hall–Kier alpha value is -1.60. The van der Waals surface area contributed by atoms with Crippen LogP contribution in [0.1, 0.15) is 40.8 Å². The van der Waals surface area contributed by atoms with Gasteiger partial charge < -0.3 is 5.11 Å².